The zero-order chi connectivity index (χ0) is 17.1. The summed E-state index contributed by atoms with van der Waals surface area (Å²) in [6.07, 6.45) is 7.23. The molecule has 3 rings (SSSR count). The first-order chi connectivity index (χ1) is 11.5. The minimum atomic E-state index is -0.396. The van der Waals surface area contributed by atoms with Crippen LogP contribution in [0, 0.1) is 0 Å². The van der Waals surface area contributed by atoms with Crippen molar-refractivity contribution in [3.63, 3.8) is 0 Å². The number of fused-ring (bicyclic) bond motifs is 1. The molecule has 0 radical (unpaired) electrons. The Morgan fingerprint density at radius 1 is 1.38 bits per heavy atom. The minimum Gasteiger partial charge on any atom is -0.392 e. The molecular formula is C18H24ClN3O2. The van der Waals surface area contributed by atoms with Crippen molar-refractivity contribution in [1.82, 2.24) is 14.3 Å². The van der Waals surface area contributed by atoms with Crippen LogP contribution in [-0.2, 0) is 6.54 Å². The summed E-state index contributed by atoms with van der Waals surface area (Å²) >= 11 is 5.95. The first-order valence-electron chi connectivity index (χ1n) is 8.63. The van der Waals surface area contributed by atoms with Gasteiger partial charge in [0.15, 0.2) is 0 Å². The second-order valence-electron chi connectivity index (χ2n) is 6.73. The zero-order valence-electron chi connectivity index (χ0n) is 14.0. The lowest BCUT2D eigenvalue weighted by atomic mass is 9.94. The summed E-state index contributed by atoms with van der Waals surface area (Å²) in [6, 6.07) is 5.52. The molecule has 24 heavy (non-hydrogen) atoms. The maximum Gasteiger partial charge on any atom is 0.258 e. The quantitative estimate of drug-likeness (QED) is 0.901. The fourth-order valence-electron chi connectivity index (χ4n) is 3.54. The molecule has 0 aliphatic heterocycles. The van der Waals surface area contributed by atoms with Crippen LogP contribution in [-0.4, -0.2) is 38.1 Å². The van der Waals surface area contributed by atoms with Crippen molar-refractivity contribution in [2.24, 2.45) is 0 Å². The highest BCUT2D eigenvalue weighted by Gasteiger charge is 2.23. The Balaban J connectivity index is 1.87. The predicted molar refractivity (Wildman–Crippen MR) is 95.4 cm³/mol. The van der Waals surface area contributed by atoms with Crippen molar-refractivity contribution < 1.29 is 5.11 Å². The Morgan fingerprint density at radius 2 is 2.12 bits per heavy atom. The van der Waals surface area contributed by atoms with E-state index in [4.69, 9.17) is 11.6 Å². The number of pyridine rings is 1. The Labute approximate surface area is 146 Å². The summed E-state index contributed by atoms with van der Waals surface area (Å²) in [5, 5.41) is 10.4. The van der Waals surface area contributed by atoms with Crippen LogP contribution in [0.2, 0.25) is 5.02 Å². The fourth-order valence-corrected chi connectivity index (χ4v) is 3.70. The standard InChI is InChI=1S/C18H24ClN3O2/c1-13(23)10-21(16-5-3-2-4-6-16)12-15-9-18(24)22-11-14(19)7-8-17(22)20-15/h7-9,11,13,16,23H,2-6,10,12H2,1H3. The topological polar surface area (TPSA) is 57.8 Å². The van der Waals surface area contributed by atoms with Gasteiger partial charge in [0.05, 0.1) is 16.8 Å². The first kappa shape index (κ1) is 17.4. The van der Waals surface area contributed by atoms with Gasteiger partial charge in [-0.2, -0.15) is 0 Å². The highest BCUT2D eigenvalue weighted by atomic mass is 35.5. The number of aliphatic hydroxyl groups excluding tert-OH is 1. The third-order valence-corrected chi connectivity index (χ3v) is 4.86. The largest absolute Gasteiger partial charge is 0.392 e. The van der Waals surface area contributed by atoms with Crippen LogP contribution >= 0.6 is 11.6 Å². The second kappa shape index (κ2) is 7.64. The number of hydrogen-bond donors (Lipinski definition) is 1. The predicted octanol–water partition coefficient (Wildman–Crippen LogP) is 2.86. The van der Waals surface area contributed by atoms with Gasteiger partial charge < -0.3 is 5.11 Å². The van der Waals surface area contributed by atoms with Gasteiger partial charge in [-0.1, -0.05) is 30.9 Å². The lowest BCUT2D eigenvalue weighted by molar-refractivity contribution is 0.0760. The summed E-state index contributed by atoms with van der Waals surface area (Å²) in [7, 11) is 0. The molecule has 0 aromatic carbocycles. The number of aromatic nitrogens is 2. The van der Waals surface area contributed by atoms with E-state index in [1.165, 1.54) is 23.7 Å². The van der Waals surface area contributed by atoms with Crippen molar-refractivity contribution >= 4 is 17.2 Å². The van der Waals surface area contributed by atoms with Crippen molar-refractivity contribution in [1.29, 1.82) is 0 Å². The lowest BCUT2D eigenvalue weighted by Gasteiger charge is -2.34. The highest BCUT2D eigenvalue weighted by Crippen LogP contribution is 2.24. The smallest absolute Gasteiger partial charge is 0.258 e. The molecule has 0 amide bonds. The SMILES string of the molecule is CC(O)CN(Cc1cc(=O)n2cc(Cl)ccc2n1)C1CCCCC1. The van der Waals surface area contributed by atoms with Gasteiger partial charge in [-0.25, -0.2) is 4.98 Å². The van der Waals surface area contributed by atoms with E-state index in [1.54, 1.807) is 31.3 Å². The van der Waals surface area contributed by atoms with Crippen LogP contribution in [0.25, 0.3) is 5.65 Å². The Kier molecular flexibility index (Phi) is 5.54. The van der Waals surface area contributed by atoms with Gasteiger partial charge in [-0.05, 0) is 31.9 Å². The van der Waals surface area contributed by atoms with Crippen LogP contribution < -0.4 is 5.56 Å². The van der Waals surface area contributed by atoms with Crippen LogP contribution in [0.3, 0.4) is 0 Å². The molecule has 1 fully saturated rings. The molecule has 1 atom stereocenters. The number of halogens is 1. The van der Waals surface area contributed by atoms with Gasteiger partial charge in [0.25, 0.3) is 5.56 Å². The van der Waals surface area contributed by atoms with E-state index in [9.17, 15) is 9.90 Å². The van der Waals surface area contributed by atoms with Gasteiger partial charge in [0, 0.05) is 31.4 Å². The number of aliphatic hydroxyl groups is 1. The number of nitrogens with zero attached hydrogens (tertiary/aromatic N) is 3. The Morgan fingerprint density at radius 3 is 2.83 bits per heavy atom. The molecule has 6 heteroatoms. The maximum atomic E-state index is 12.3. The molecule has 1 aliphatic carbocycles. The number of rotatable bonds is 5. The molecule has 0 spiro atoms. The monoisotopic (exact) mass is 349 g/mol. The number of hydrogen-bond acceptors (Lipinski definition) is 4. The van der Waals surface area contributed by atoms with Gasteiger partial charge >= 0.3 is 0 Å². The average Bonchev–Trinajstić information content (AvgIpc) is 2.55. The summed E-state index contributed by atoms with van der Waals surface area (Å²) in [5.74, 6) is 0. The first-order valence-corrected chi connectivity index (χ1v) is 9.00. The van der Waals surface area contributed by atoms with Gasteiger partial charge in [0.1, 0.15) is 5.65 Å². The minimum absolute atomic E-state index is 0.127. The third kappa shape index (κ3) is 4.15. The second-order valence-corrected chi connectivity index (χ2v) is 7.17. The molecule has 0 bridgehead atoms. The Bertz CT molecular complexity index is 754. The van der Waals surface area contributed by atoms with E-state index >= 15 is 0 Å². The molecule has 5 nitrogen and oxygen atoms in total. The lowest BCUT2D eigenvalue weighted by Crippen LogP contribution is -2.40. The van der Waals surface area contributed by atoms with Crippen molar-refractivity contribution in [3.8, 4) is 0 Å². The average molecular weight is 350 g/mol. The highest BCUT2D eigenvalue weighted by molar-refractivity contribution is 6.30. The van der Waals surface area contributed by atoms with Crippen molar-refractivity contribution in [2.45, 2.75) is 57.7 Å². The molecule has 130 valence electrons. The third-order valence-electron chi connectivity index (χ3n) is 4.63. The van der Waals surface area contributed by atoms with E-state index in [-0.39, 0.29) is 5.56 Å². The zero-order valence-corrected chi connectivity index (χ0v) is 14.7. The van der Waals surface area contributed by atoms with E-state index in [0.29, 0.717) is 29.8 Å². The van der Waals surface area contributed by atoms with E-state index < -0.39 is 6.10 Å². The summed E-state index contributed by atoms with van der Waals surface area (Å²) < 4.78 is 1.46. The molecular weight excluding hydrogens is 326 g/mol. The van der Waals surface area contributed by atoms with Crippen LogP contribution in [0.15, 0.2) is 29.2 Å². The molecule has 2 aromatic rings. The van der Waals surface area contributed by atoms with Crippen LogP contribution in [0.1, 0.15) is 44.7 Å². The molecule has 1 unspecified atom stereocenters. The Hall–Kier alpha value is -1.43. The van der Waals surface area contributed by atoms with E-state index in [2.05, 4.69) is 9.88 Å². The van der Waals surface area contributed by atoms with Crippen LogP contribution in [0.5, 0.6) is 0 Å². The molecule has 0 saturated heterocycles. The molecule has 2 aromatic heterocycles. The molecule has 1 saturated carbocycles. The van der Waals surface area contributed by atoms with E-state index in [1.807, 2.05) is 0 Å². The summed E-state index contributed by atoms with van der Waals surface area (Å²) in [5.41, 5.74) is 1.22. The normalized spacial score (nSPS) is 17.5. The van der Waals surface area contributed by atoms with Gasteiger partial charge in [-0.15, -0.1) is 0 Å². The maximum absolute atomic E-state index is 12.3. The molecule has 1 aliphatic rings. The van der Waals surface area contributed by atoms with Gasteiger partial charge in [0.2, 0.25) is 0 Å². The molecule has 1 N–H and O–H groups in total. The van der Waals surface area contributed by atoms with Crippen molar-refractivity contribution in [3.05, 3.63) is 45.5 Å². The van der Waals surface area contributed by atoms with Gasteiger partial charge in [-0.3, -0.25) is 14.1 Å². The van der Waals surface area contributed by atoms with Crippen molar-refractivity contribution in [2.75, 3.05) is 6.54 Å². The molecule has 2 heterocycles. The summed E-state index contributed by atoms with van der Waals surface area (Å²) in [4.78, 5) is 19.2. The van der Waals surface area contributed by atoms with E-state index in [0.717, 1.165) is 18.5 Å². The fraction of sp³-hybridized carbons (Fsp3) is 0.556. The summed E-state index contributed by atoms with van der Waals surface area (Å²) in [6.45, 7) is 3.00. The van der Waals surface area contributed by atoms with Crippen LogP contribution in [0.4, 0.5) is 0 Å².